The van der Waals surface area contributed by atoms with E-state index in [0.29, 0.717) is 17.2 Å². The fourth-order valence-electron chi connectivity index (χ4n) is 2.51. The summed E-state index contributed by atoms with van der Waals surface area (Å²) in [7, 11) is 0. The van der Waals surface area contributed by atoms with Crippen molar-refractivity contribution in [3.05, 3.63) is 0 Å². The van der Waals surface area contributed by atoms with E-state index in [1.54, 1.807) is 0 Å². The largest absolute Gasteiger partial charge is 0.325 e. The predicted octanol–water partition coefficient (Wildman–Crippen LogP) is 1.98. The summed E-state index contributed by atoms with van der Waals surface area (Å²) in [5, 5.41) is 3.47. The summed E-state index contributed by atoms with van der Waals surface area (Å²) in [6.45, 7) is 9.68. The highest BCUT2D eigenvalue weighted by Gasteiger charge is 2.46. The molecule has 1 saturated carbocycles. The van der Waals surface area contributed by atoms with E-state index in [-0.39, 0.29) is 12.2 Å². The number of rotatable bonds is 4. The third kappa shape index (κ3) is 2.10. The molecule has 1 N–H and O–H groups in total. The van der Waals surface area contributed by atoms with E-state index >= 15 is 0 Å². The van der Waals surface area contributed by atoms with Crippen molar-refractivity contribution in [3.8, 4) is 0 Å². The summed E-state index contributed by atoms with van der Waals surface area (Å²) >= 11 is 0. The zero-order chi connectivity index (χ0) is 11.9. The topological polar surface area (TPSA) is 32.3 Å². The summed E-state index contributed by atoms with van der Waals surface area (Å²) in [5.41, 5.74) is 0.410. The van der Waals surface area contributed by atoms with Crippen LogP contribution in [0.2, 0.25) is 0 Å². The Morgan fingerprint density at radius 3 is 2.56 bits per heavy atom. The third-order valence-electron chi connectivity index (χ3n) is 3.98. The molecule has 92 valence electrons. The molecule has 0 aromatic rings. The van der Waals surface area contributed by atoms with Crippen molar-refractivity contribution in [3.63, 3.8) is 0 Å². The molecule has 0 spiro atoms. The molecule has 16 heavy (non-hydrogen) atoms. The van der Waals surface area contributed by atoms with Gasteiger partial charge >= 0.3 is 0 Å². The average Bonchev–Trinajstić information content (AvgIpc) is 2.86. The summed E-state index contributed by atoms with van der Waals surface area (Å²) in [6.07, 6.45) is 3.70. The second-order valence-electron chi connectivity index (χ2n) is 6.09. The molecule has 0 radical (unpaired) electrons. The summed E-state index contributed by atoms with van der Waals surface area (Å²) in [5.74, 6) is 0.803. The van der Waals surface area contributed by atoms with Gasteiger partial charge in [-0.3, -0.25) is 10.1 Å². The lowest BCUT2D eigenvalue weighted by Crippen LogP contribution is -2.43. The van der Waals surface area contributed by atoms with Gasteiger partial charge in [0.2, 0.25) is 5.91 Å². The standard InChI is InChI=1S/C13H24N2O/c1-5-10-12(16)15(8-13(4)6-7-13)11(14-10)9(2)3/h9-11,14H,5-8H2,1-4H3. The van der Waals surface area contributed by atoms with Crippen molar-refractivity contribution in [2.24, 2.45) is 11.3 Å². The first-order valence-electron chi connectivity index (χ1n) is 6.53. The van der Waals surface area contributed by atoms with Gasteiger partial charge in [0.25, 0.3) is 0 Å². The fourth-order valence-corrected chi connectivity index (χ4v) is 2.51. The lowest BCUT2D eigenvalue weighted by Gasteiger charge is -2.29. The van der Waals surface area contributed by atoms with Crippen molar-refractivity contribution in [2.45, 2.75) is 59.2 Å². The Labute approximate surface area is 98.6 Å². The Kier molecular flexibility index (Phi) is 2.99. The molecule has 0 aromatic carbocycles. The number of amides is 1. The SMILES string of the molecule is CCC1NC(C(C)C)N(CC2(C)CC2)C1=O. The van der Waals surface area contributed by atoms with Gasteiger partial charge < -0.3 is 4.90 Å². The molecule has 1 amide bonds. The van der Waals surface area contributed by atoms with E-state index in [1.807, 2.05) is 0 Å². The molecule has 2 rings (SSSR count). The van der Waals surface area contributed by atoms with E-state index in [4.69, 9.17) is 0 Å². The Hall–Kier alpha value is -0.570. The molecule has 2 unspecified atom stereocenters. The highest BCUT2D eigenvalue weighted by Crippen LogP contribution is 2.46. The summed E-state index contributed by atoms with van der Waals surface area (Å²) in [4.78, 5) is 14.3. The quantitative estimate of drug-likeness (QED) is 0.792. The predicted molar refractivity (Wildman–Crippen MR) is 64.9 cm³/mol. The van der Waals surface area contributed by atoms with Gasteiger partial charge in [0.15, 0.2) is 0 Å². The van der Waals surface area contributed by atoms with Gasteiger partial charge in [0.05, 0.1) is 12.2 Å². The summed E-state index contributed by atoms with van der Waals surface area (Å²) < 4.78 is 0. The number of carbonyl (C=O) groups is 1. The van der Waals surface area contributed by atoms with Gasteiger partial charge in [-0.2, -0.15) is 0 Å². The Bertz CT molecular complexity index is 284. The second kappa shape index (κ2) is 4.02. The molecule has 1 aliphatic heterocycles. The van der Waals surface area contributed by atoms with Crippen LogP contribution in [0.4, 0.5) is 0 Å². The number of hydrogen-bond acceptors (Lipinski definition) is 2. The van der Waals surface area contributed by atoms with Crippen molar-refractivity contribution in [1.82, 2.24) is 10.2 Å². The molecule has 2 fully saturated rings. The number of nitrogens with one attached hydrogen (secondary N) is 1. The van der Waals surface area contributed by atoms with Crippen molar-refractivity contribution >= 4 is 5.91 Å². The smallest absolute Gasteiger partial charge is 0.241 e. The molecule has 3 nitrogen and oxygen atoms in total. The minimum absolute atomic E-state index is 0.0507. The van der Waals surface area contributed by atoms with Crippen LogP contribution in [-0.4, -0.2) is 29.6 Å². The van der Waals surface area contributed by atoms with Gasteiger partial charge in [-0.1, -0.05) is 27.7 Å². The molecular formula is C13H24N2O. The van der Waals surface area contributed by atoms with Crippen molar-refractivity contribution in [1.29, 1.82) is 0 Å². The van der Waals surface area contributed by atoms with Gasteiger partial charge in [0.1, 0.15) is 0 Å². The van der Waals surface area contributed by atoms with Crippen LogP contribution in [0.15, 0.2) is 0 Å². The molecule has 2 atom stereocenters. The highest BCUT2D eigenvalue weighted by molar-refractivity contribution is 5.84. The molecular weight excluding hydrogens is 200 g/mol. The average molecular weight is 224 g/mol. The van der Waals surface area contributed by atoms with E-state index in [1.165, 1.54) is 12.8 Å². The maximum absolute atomic E-state index is 12.2. The van der Waals surface area contributed by atoms with Crippen LogP contribution >= 0.6 is 0 Å². The first kappa shape index (κ1) is 11.9. The monoisotopic (exact) mass is 224 g/mol. The van der Waals surface area contributed by atoms with Crippen molar-refractivity contribution in [2.75, 3.05) is 6.54 Å². The highest BCUT2D eigenvalue weighted by atomic mass is 16.2. The van der Waals surface area contributed by atoms with E-state index < -0.39 is 0 Å². The maximum atomic E-state index is 12.2. The first-order chi connectivity index (χ1) is 7.47. The van der Waals surface area contributed by atoms with Gasteiger partial charge in [-0.05, 0) is 30.6 Å². The summed E-state index contributed by atoms with van der Waals surface area (Å²) in [6, 6.07) is 0.0507. The van der Waals surface area contributed by atoms with Gasteiger partial charge in [-0.25, -0.2) is 0 Å². The van der Waals surface area contributed by atoms with Crippen LogP contribution in [0.5, 0.6) is 0 Å². The maximum Gasteiger partial charge on any atom is 0.241 e. The number of hydrogen-bond donors (Lipinski definition) is 1. The van der Waals surface area contributed by atoms with Crippen molar-refractivity contribution < 1.29 is 4.79 Å². The molecule has 0 aromatic heterocycles. The van der Waals surface area contributed by atoms with Crippen LogP contribution in [0, 0.1) is 11.3 Å². The minimum atomic E-state index is 0.0507. The fraction of sp³-hybridized carbons (Fsp3) is 0.923. The second-order valence-corrected chi connectivity index (χ2v) is 6.09. The normalized spacial score (nSPS) is 32.6. The first-order valence-corrected chi connectivity index (χ1v) is 6.53. The lowest BCUT2D eigenvalue weighted by atomic mass is 10.1. The zero-order valence-electron chi connectivity index (χ0n) is 10.9. The zero-order valence-corrected chi connectivity index (χ0v) is 10.9. The van der Waals surface area contributed by atoms with Crippen LogP contribution in [-0.2, 0) is 4.79 Å². The molecule has 1 aliphatic carbocycles. The Morgan fingerprint density at radius 1 is 1.50 bits per heavy atom. The Balaban J connectivity index is 2.08. The molecule has 1 heterocycles. The van der Waals surface area contributed by atoms with Crippen LogP contribution in [0.3, 0.4) is 0 Å². The van der Waals surface area contributed by atoms with E-state index in [9.17, 15) is 4.79 Å². The molecule has 3 heteroatoms. The minimum Gasteiger partial charge on any atom is -0.325 e. The third-order valence-corrected chi connectivity index (χ3v) is 3.98. The molecule has 2 aliphatic rings. The Morgan fingerprint density at radius 2 is 2.12 bits per heavy atom. The lowest BCUT2D eigenvalue weighted by molar-refractivity contribution is -0.131. The number of carbonyl (C=O) groups excluding carboxylic acids is 1. The number of nitrogens with zero attached hydrogens (tertiary/aromatic N) is 1. The van der Waals surface area contributed by atoms with E-state index in [2.05, 4.69) is 37.9 Å². The van der Waals surface area contributed by atoms with E-state index in [0.717, 1.165) is 13.0 Å². The van der Waals surface area contributed by atoms with Crippen LogP contribution in [0.25, 0.3) is 0 Å². The van der Waals surface area contributed by atoms with Crippen LogP contribution in [0.1, 0.15) is 47.0 Å². The van der Waals surface area contributed by atoms with Crippen LogP contribution < -0.4 is 5.32 Å². The molecule has 1 saturated heterocycles. The van der Waals surface area contributed by atoms with Gasteiger partial charge in [0, 0.05) is 6.54 Å². The molecule has 0 bridgehead atoms. The van der Waals surface area contributed by atoms with Gasteiger partial charge in [-0.15, -0.1) is 0 Å².